The number of carbonyl (C=O) groups is 1. The summed E-state index contributed by atoms with van der Waals surface area (Å²) in [5.74, 6) is -1.16. The van der Waals surface area contributed by atoms with E-state index >= 15 is 0 Å². The summed E-state index contributed by atoms with van der Waals surface area (Å²) < 4.78 is 0.747. The van der Waals surface area contributed by atoms with E-state index in [9.17, 15) is 14.4 Å². The zero-order valence-corrected chi connectivity index (χ0v) is 8.87. The zero-order chi connectivity index (χ0) is 12.2. The van der Waals surface area contributed by atoms with Crippen LogP contribution in [0.4, 0.5) is 5.00 Å². The Kier molecular flexibility index (Phi) is 1.75. The molecule has 0 aliphatic carbocycles. The van der Waals surface area contributed by atoms with Crippen LogP contribution in [0.1, 0.15) is 10.4 Å². The van der Waals surface area contributed by atoms with Crippen LogP contribution in [0.3, 0.4) is 0 Å². The molecular weight excluding hydrogens is 248 g/mol. The molecule has 0 fully saturated rings. The molecule has 9 heteroatoms. The predicted octanol–water partition coefficient (Wildman–Crippen LogP) is -0.405. The molecular formula is C8H4N4O4S. The van der Waals surface area contributed by atoms with E-state index in [1.54, 1.807) is 0 Å². The first-order chi connectivity index (χ1) is 8.09. The number of fused-ring (bicyclic) bond motifs is 1. The van der Waals surface area contributed by atoms with Crippen LogP contribution in [0.25, 0.3) is 10.3 Å². The molecule has 0 aromatic carbocycles. The second-order valence-electron chi connectivity index (χ2n) is 3.25. The van der Waals surface area contributed by atoms with Crippen LogP contribution in [0.5, 0.6) is 0 Å². The summed E-state index contributed by atoms with van der Waals surface area (Å²) in [5.41, 5.74) is 1.41. The van der Waals surface area contributed by atoms with Gasteiger partial charge in [0.05, 0.1) is 11.8 Å². The highest BCUT2D eigenvalue weighted by Crippen LogP contribution is 2.33. The number of hydrogen-bond donors (Lipinski definition) is 3. The molecule has 0 saturated heterocycles. The van der Waals surface area contributed by atoms with Gasteiger partial charge < -0.3 is 10.1 Å². The first-order valence-electron chi connectivity index (χ1n) is 4.44. The van der Waals surface area contributed by atoms with Gasteiger partial charge in [-0.15, -0.1) is 0 Å². The van der Waals surface area contributed by atoms with E-state index in [1.807, 2.05) is 0 Å². The summed E-state index contributed by atoms with van der Waals surface area (Å²) in [4.78, 5) is 39.8. The van der Waals surface area contributed by atoms with Crippen LogP contribution in [0.2, 0.25) is 0 Å². The zero-order valence-electron chi connectivity index (χ0n) is 8.05. The molecule has 0 spiro atoms. The van der Waals surface area contributed by atoms with Crippen LogP contribution in [-0.4, -0.2) is 25.7 Å². The largest absolute Gasteiger partial charge is 0.478 e. The van der Waals surface area contributed by atoms with Gasteiger partial charge in [0.2, 0.25) is 0 Å². The topological polar surface area (TPSA) is 117 Å². The number of aromatic amines is 1. The van der Waals surface area contributed by atoms with Crippen LogP contribution < -0.4 is 16.5 Å². The molecule has 8 nitrogen and oxygen atoms in total. The summed E-state index contributed by atoms with van der Waals surface area (Å²) in [5, 5.41) is 9.27. The second kappa shape index (κ2) is 3.04. The minimum atomic E-state index is -1.16. The number of imidazole rings is 1. The molecule has 0 aliphatic rings. The number of thiophene rings is 1. The quantitative estimate of drug-likeness (QED) is 0.546. The molecule has 0 radical (unpaired) electrons. The summed E-state index contributed by atoms with van der Waals surface area (Å²) >= 11 is 1.05. The Bertz CT molecular complexity index is 777. The van der Waals surface area contributed by atoms with Gasteiger partial charge in [0.1, 0.15) is 15.4 Å². The predicted molar refractivity (Wildman–Crippen MR) is 59.3 cm³/mol. The van der Waals surface area contributed by atoms with Gasteiger partial charge in [0, 0.05) is 0 Å². The SMILES string of the molecule is O=C(O)c1c(Nn2c(=O)c2=O)sc2nc[nH]c12. The number of H-pyrrole nitrogens is 1. The second-order valence-corrected chi connectivity index (χ2v) is 4.25. The van der Waals surface area contributed by atoms with Gasteiger partial charge in [-0.25, -0.2) is 9.78 Å². The molecule has 0 unspecified atom stereocenters. The molecule has 3 heterocycles. The molecule has 0 saturated carbocycles. The molecule has 3 aromatic rings. The van der Waals surface area contributed by atoms with Crippen molar-refractivity contribution in [2.24, 2.45) is 0 Å². The number of carboxylic acid groups (broad SMARTS) is 1. The summed E-state index contributed by atoms with van der Waals surface area (Å²) in [7, 11) is 0. The first kappa shape index (κ1) is 9.78. The monoisotopic (exact) mass is 252 g/mol. The Hall–Kier alpha value is -2.42. The van der Waals surface area contributed by atoms with Gasteiger partial charge in [0.25, 0.3) is 0 Å². The van der Waals surface area contributed by atoms with Gasteiger partial charge in [0.15, 0.2) is 0 Å². The molecule has 0 amide bonds. The number of carboxylic acids is 1. The highest BCUT2D eigenvalue weighted by atomic mass is 32.1. The number of hydrogen-bond acceptors (Lipinski definition) is 6. The van der Waals surface area contributed by atoms with Crippen molar-refractivity contribution in [2.75, 3.05) is 5.43 Å². The lowest BCUT2D eigenvalue weighted by atomic mass is 10.3. The van der Waals surface area contributed by atoms with Crippen molar-refractivity contribution in [1.82, 2.24) is 14.6 Å². The first-order valence-corrected chi connectivity index (χ1v) is 5.25. The number of anilines is 1. The van der Waals surface area contributed by atoms with E-state index < -0.39 is 17.1 Å². The van der Waals surface area contributed by atoms with Crippen molar-refractivity contribution in [2.45, 2.75) is 0 Å². The number of aromatic nitrogens is 3. The van der Waals surface area contributed by atoms with Crippen molar-refractivity contribution < 1.29 is 9.90 Å². The summed E-state index contributed by atoms with van der Waals surface area (Å²) in [6, 6.07) is 0. The van der Waals surface area contributed by atoms with Crippen LogP contribution >= 0.6 is 11.3 Å². The fourth-order valence-electron chi connectivity index (χ4n) is 1.42. The molecule has 0 atom stereocenters. The van der Waals surface area contributed by atoms with Crippen molar-refractivity contribution >= 4 is 32.7 Å². The van der Waals surface area contributed by atoms with Crippen LogP contribution in [0, 0.1) is 0 Å². The standard InChI is InChI=1S/C8H4N4O4S/c13-6-7(14)12(6)11-4-2(8(15)16)3-5(17-4)10-1-9-3/h1,11H,(H,9,10)(H,15,16). The van der Waals surface area contributed by atoms with E-state index in [0.29, 0.717) is 10.3 Å². The average molecular weight is 252 g/mol. The Balaban J connectivity index is 2.15. The van der Waals surface area contributed by atoms with Gasteiger partial charge in [-0.3, -0.25) is 15.0 Å². The minimum absolute atomic E-state index is 0.0324. The summed E-state index contributed by atoms with van der Waals surface area (Å²) in [6.45, 7) is 0. The molecule has 0 aliphatic heterocycles. The molecule has 0 bridgehead atoms. The lowest BCUT2D eigenvalue weighted by molar-refractivity contribution is 0.0700. The van der Waals surface area contributed by atoms with E-state index in [0.717, 1.165) is 16.0 Å². The highest BCUT2D eigenvalue weighted by Gasteiger charge is 2.24. The number of nitrogens with zero attached hydrogens (tertiary/aromatic N) is 2. The molecule has 3 rings (SSSR count). The van der Waals surface area contributed by atoms with Crippen molar-refractivity contribution in [3.8, 4) is 0 Å². The Labute approximate surface area is 95.8 Å². The number of rotatable bonds is 3. The highest BCUT2D eigenvalue weighted by molar-refractivity contribution is 7.22. The Morgan fingerprint density at radius 3 is 2.76 bits per heavy atom. The minimum Gasteiger partial charge on any atom is -0.478 e. The Morgan fingerprint density at radius 1 is 1.47 bits per heavy atom. The van der Waals surface area contributed by atoms with Crippen LogP contribution in [0.15, 0.2) is 15.9 Å². The fourth-order valence-corrected chi connectivity index (χ4v) is 2.41. The van der Waals surface area contributed by atoms with E-state index in [1.165, 1.54) is 6.33 Å². The molecule has 3 N–H and O–H groups in total. The Morgan fingerprint density at radius 2 is 2.18 bits per heavy atom. The average Bonchev–Trinajstić information content (AvgIpc) is 2.71. The van der Waals surface area contributed by atoms with E-state index in [2.05, 4.69) is 15.4 Å². The van der Waals surface area contributed by atoms with Crippen LogP contribution in [-0.2, 0) is 0 Å². The van der Waals surface area contributed by atoms with E-state index in [4.69, 9.17) is 5.11 Å². The maximum atomic E-state index is 11.1. The normalized spacial score (nSPS) is 11.3. The maximum absolute atomic E-state index is 11.1. The molecule has 3 aromatic heterocycles. The van der Waals surface area contributed by atoms with Gasteiger partial charge in [-0.1, -0.05) is 11.3 Å². The van der Waals surface area contributed by atoms with E-state index in [-0.39, 0.29) is 10.6 Å². The third-order valence-electron chi connectivity index (χ3n) is 2.25. The van der Waals surface area contributed by atoms with Gasteiger partial charge in [-0.05, 0) is 0 Å². The molecule has 17 heavy (non-hydrogen) atoms. The third-order valence-corrected chi connectivity index (χ3v) is 3.25. The van der Waals surface area contributed by atoms with Crippen molar-refractivity contribution in [3.63, 3.8) is 0 Å². The fraction of sp³-hybridized carbons (Fsp3) is 0. The third kappa shape index (κ3) is 1.29. The maximum Gasteiger partial charge on any atom is 0.341 e. The van der Waals surface area contributed by atoms with Crippen molar-refractivity contribution in [3.05, 3.63) is 32.6 Å². The van der Waals surface area contributed by atoms with Gasteiger partial charge in [-0.2, -0.15) is 4.68 Å². The lowest BCUT2D eigenvalue weighted by Gasteiger charge is -1.98. The number of nitrogens with one attached hydrogen (secondary N) is 2. The smallest absolute Gasteiger partial charge is 0.341 e. The number of aromatic carboxylic acids is 1. The summed E-state index contributed by atoms with van der Waals surface area (Å²) in [6.07, 6.45) is 1.38. The lowest BCUT2D eigenvalue weighted by Crippen LogP contribution is -2.09. The molecule has 86 valence electrons. The van der Waals surface area contributed by atoms with Crippen molar-refractivity contribution in [1.29, 1.82) is 0 Å². The van der Waals surface area contributed by atoms with Gasteiger partial charge >= 0.3 is 17.1 Å².